The molecule has 0 aliphatic heterocycles. The third kappa shape index (κ3) is 3.63. The highest BCUT2D eigenvalue weighted by molar-refractivity contribution is 5.80. The van der Waals surface area contributed by atoms with Crippen LogP contribution in [0.2, 0.25) is 0 Å². The van der Waals surface area contributed by atoms with Gasteiger partial charge < -0.3 is 14.5 Å². The highest BCUT2D eigenvalue weighted by atomic mass is 16.6. The first-order valence-electron chi connectivity index (χ1n) is 9.55. The maximum Gasteiger partial charge on any atom is 0.314 e. The Bertz CT molecular complexity index is 1070. The molecule has 1 fully saturated rings. The maximum absolute atomic E-state index is 12.4. The van der Waals surface area contributed by atoms with Gasteiger partial charge >= 0.3 is 5.97 Å². The molecule has 0 radical (unpaired) electrons. The number of ether oxygens (including phenoxy) is 2. The quantitative estimate of drug-likeness (QED) is 0.546. The first-order valence-corrected chi connectivity index (χ1v) is 9.55. The highest BCUT2D eigenvalue weighted by Gasteiger charge is 2.24. The normalized spacial score (nSPS) is 14.8. The van der Waals surface area contributed by atoms with E-state index in [1.807, 2.05) is 6.07 Å². The molecular weight excluding hydrogens is 356 g/mol. The molecule has 1 aromatic heterocycles. The van der Waals surface area contributed by atoms with Crippen LogP contribution in [0.15, 0.2) is 47.3 Å². The molecule has 0 amide bonds. The van der Waals surface area contributed by atoms with Gasteiger partial charge in [0.25, 0.3) is 5.56 Å². The number of fused-ring (bicyclic) bond motifs is 1. The Morgan fingerprint density at radius 3 is 2.64 bits per heavy atom. The van der Waals surface area contributed by atoms with Crippen molar-refractivity contribution in [3.8, 4) is 22.9 Å². The number of hydrogen-bond acceptors (Lipinski definition) is 5. The molecule has 144 valence electrons. The lowest BCUT2D eigenvalue weighted by molar-refractivity contribution is -0.140. The molecule has 0 atom stereocenters. The molecule has 0 spiro atoms. The van der Waals surface area contributed by atoms with Crippen LogP contribution in [-0.2, 0) is 4.79 Å². The van der Waals surface area contributed by atoms with Crippen LogP contribution in [0.25, 0.3) is 22.3 Å². The molecule has 1 saturated carbocycles. The average molecular weight is 378 g/mol. The fourth-order valence-corrected chi connectivity index (χ4v) is 3.65. The van der Waals surface area contributed by atoms with Crippen LogP contribution < -0.4 is 15.0 Å². The van der Waals surface area contributed by atoms with Gasteiger partial charge in [-0.05, 0) is 43.2 Å². The Labute approximate surface area is 162 Å². The van der Waals surface area contributed by atoms with Gasteiger partial charge in [-0.1, -0.05) is 31.4 Å². The van der Waals surface area contributed by atoms with E-state index in [2.05, 4.69) is 9.97 Å². The first kappa shape index (κ1) is 18.2. The van der Waals surface area contributed by atoms with Crippen LogP contribution in [0, 0.1) is 5.92 Å². The summed E-state index contributed by atoms with van der Waals surface area (Å²) < 4.78 is 11.0. The molecule has 0 saturated heterocycles. The Morgan fingerprint density at radius 1 is 1.07 bits per heavy atom. The number of aromatic nitrogens is 2. The van der Waals surface area contributed by atoms with Crippen molar-refractivity contribution in [2.24, 2.45) is 5.92 Å². The van der Waals surface area contributed by atoms with E-state index in [9.17, 15) is 9.59 Å². The van der Waals surface area contributed by atoms with Crippen LogP contribution in [0.5, 0.6) is 11.5 Å². The van der Waals surface area contributed by atoms with Gasteiger partial charge in [0.05, 0.1) is 23.9 Å². The maximum atomic E-state index is 12.4. The molecule has 1 aliphatic rings. The summed E-state index contributed by atoms with van der Waals surface area (Å²) in [5, 5.41) is 0.538. The van der Waals surface area contributed by atoms with E-state index in [4.69, 9.17) is 9.47 Å². The van der Waals surface area contributed by atoms with Crippen molar-refractivity contribution >= 4 is 16.9 Å². The molecule has 1 heterocycles. The van der Waals surface area contributed by atoms with Crippen molar-refractivity contribution in [1.29, 1.82) is 0 Å². The molecule has 2 aromatic carbocycles. The predicted molar refractivity (Wildman–Crippen MR) is 107 cm³/mol. The van der Waals surface area contributed by atoms with E-state index in [0.29, 0.717) is 33.8 Å². The number of methoxy groups -OCH3 is 1. The van der Waals surface area contributed by atoms with Gasteiger partial charge in [0.1, 0.15) is 5.82 Å². The standard InChI is InChI=1S/C22H22N2O4/c1-27-19-13-15(20-23-17-10-6-5-9-16(17)21(25)24-20)11-12-18(19)28-22(26)14-7-3-2-4-8-14/h5-6,9-14H,2-4,7-8H2,1H3,(H,23,24,25). The monoisotopic (exact) mass is 378 g/mol. The lowest BCUT2D eigenvalue weighted by Gasteiger charge is -2.20. The molecule has 0 unspecified atom stereocenters. The van der Waals surface area contributed by atoms with Gasteiger partial charge in [0.15, 0.2) is 11.5 Å². The number of nitrogens with zero attached hydrogens (tertiary/aromatic N) is 1. The second kappa shape index (κ2) is 7.84. The number of carbonyl (C=O) groups is 1. The van der Waals surface area contributed by atoms with Gasteiger partial charge in [-0.15, -0.1) is 0 Å². The number of hydrogen-bond donors (Lipinski definition) is 1. The number of esters is 1. The van der Waals surface area contributed by atoms with E-state index in [1.165, 1.54) is 13.5 Å². The Balaban J connectivity index is 1.63. The summed E-state index contributed by atoms with van der Waals surface area (Å²) in [5.41, 5.74) is 1.09. The number of benzene rings is 2. The summed E-state index contributed by atoms with van der Waals surface area (Å²) in [5.74, 6) is 0.995. The largest absolute Gasteiger partial charge is 0.493 e. The number of para-hydroxylation sites is 1. The summed E-state index contributed by atoms with van der Waals surface area (Å²) in [7, 11) is 1.52. The Hall–Kier alpha value is -3.15. The summed E-state index contributed by atoms with van der Waals surface area (Å²) in [6.07, 6.45) is 5.06. The van der Waals surface area contributed by atoms with Gasteiger partial charge in [0, 0.05) is 5.56 Å². The zero-order chi connectivity index (χ0) is 19.5. The van der Waals surface area contributed by atoms with Gasteiger partial charge in [0.2, 0.25) is 0 Å². The second-order valence-electron chi connectivity index (χ2n) is 7.05. The lowest BCUT2D eigenvalue weighted by atomic mass is 9.89. The number of H-pyrrole nitrogens is 1. The third-order valence-corrected chi connectivity index (χ3v) is 5.20. The minimum atomic E-state index is -0.206. The van der Waals surface area contributed by atoms with Crippen molar-refractivity contribution in [2.45, 2.75) is 32.1 Å². The number of rotatable bonds is 4. The third-order valence-electron chi connectivity index (χ3n) is 5.20. The zero-order valence-corrected chi connectivity index (χ0v) is 15.7. The Kier molecular flexibility index (Phi) is 5.10. The topological polar surface area (TPSA) is 81.3 Å². The summed E-state index contributed by atoms with van der Waals surface area (Å²) in [6.45, 7) is 0. The molecule has 1 N–H and O–H groups in total. The fourth-order valence-electron chi connectivity index (χ4n) is 3.65. The van der Waals surface area contributed by atoms with Crippen LogP contribution in [-0.4, -0.2) is 23.0 Å². The minimum absolute atomic E-state index is 0.0448. The minimum Gasteiger partial charge on any atom is -0.493 e. The lowest BCUT2D eigenvalue weighted by Crippen LogP contribution is -2.22. The van der Waals surface area contributed by atoms with Crippen LogP contribution in [0.4, 0.5) is 0 Å². The van der Waals surface area contributed by atoms with Crippen molar-refractivity contribution in [3.05, 3.63) is 52.8 Å². The van der Waals surface area contributed by atoms with Crippen molar-refractivity contribution in [3.63, 3.8) is 0 Å². The number of nitrogens with one attached hydrogen (secondary N) is 1. The average Bonchev–Trinajstić information content (AvgIpc) is 2.74. The van der Waals surface area contributed by atoms with E-state index in [0.717, 1.165) is 25.7 Å². The smallest absolute Gasteiger partial charge is 0.314 e. The van der Waals surface area contributed by atoms with Crippen molar-refractivity contribution in [1.82, 2.24) is 9.97 Å². The molecule has 28 heavy (non-hydrogen) atoms. The molecule has 1 aliphatic carbocycles. The van der Waals surface area contributed by atoms with Crippen molar-refractivity contribution < 1.29 is 14.3 Å². The zero-order valence-electron chi connectivity index (χ0n) is 15.7. The number of carbonyl (C=O) groups excluding carboxylic acids is 1. The van der Waals surface area contributed by atoms with E-state index in [1.54, 1.807) is 36.4 Å². The summed E-state index contributed by atoms with van der Waals surface area (Å²) in [4.78, 5) is 32.1. The fraction of sp³-hybridized carbons (Fsp3) is 0.318. The van der Waals surface area contributed by atoms with Gasteiger partial charge in [-0.2, -0.15) is 0 Å². The number of aromatic amines is 1. The molecule has 0 bridgehead atoms. The van der Waals surface area contributed by atoms with E-state index < -0.39 is 0 Å². The molecule has 6 heteroatoms. The summed E-state index contributed by atoms with van der Waals surface area (Å²) in [6, 6.07) is 12.3. The first-order chi connectivity index (χ1) is 13.7. The SMILES string of the molecule is COc1cc(-c2nc3ccccc3c(=O)[nH]2)ccc1OC(=O)C1CCCCC1. The predicted octanol–water partition coefficient (Wildman–Crippen LogP) is 4.08. The second-order valence-corrected chi connectivity index (χ2v) is 7.05. The van der Waals surface area contributed by atoms with Crippen LogP contribution in [0.1, 0.15) is 32.1 Å². The molecule has 3 aromatic rings. The summed E-state index contributed by atoms with van der Waals surface area (Å²) >= 11 is 0. The Morgan fingerprint density at radius 2 is 1.86 bits per heavy atom. The molecule has 4 rings (SSSR count). The van der Waals surface area contributed by atoms with Crippen LogP contribution in [0.3, 0.4) is 0 Å². The highest BCUT2D eigenvalue weighted by Crippen LogP contribution is 2.33. The van der Waals surface area contributed by atoms with E-state index >= 15 is 0 Å². The molecular formula is C22H22N2O4. The van der Waals surface area contributed by atoms with Crippen LogP contribution >= 0.6 is 0 Å². The van der Waals surface area contributed by atoms with Gasteiger partial charge in [-0.25, -0.2) is 4.98 Å². The van der Waals surface area contributed by atoms with Gasteiger partial charge in [-0.3, -0.25) is 9.59 Å². The van der Waals surface area contributed by atoms with Crippen molar-refractivity contribution in [2.75, 3.05) is 7.11 Å². The van der Waals surface area contributed by atoms with E-state index in [-0.39, 0.29) is 17.4 Å². The molecule has 6 nitrogen and oxygen atoms in total.